The maximum atomic E-state index is 12.4. The van der Waals surface area contributed by atoms with Crippen molar-refractivity contribution in [3.8, 4) is 17.0 Å². The quantitative estimate of drug-likeness (QED) is 0.533. The number of aryl methyl sites for hydroxylation is 1. The van der Waals surface area contributed by atoms with Crippen LogP contribution in [0, 0.1) is 6.92 Å². The van der Waals surface area contributed by atoms with Crippen molar-refractivity contribution in [2.45, 2.75) is 13.3 Å². The number of carbonyl (C=O) groups is 1. The summed E-state index contributed by atoms with van der Waals surface area (Å²) in [5.74, 6) is -0.110. The van der Waals surface area contributed by atoms with E-state index in [2.05, 4.69) is 10.3 Å². The van der Waals surface area contributed by atoms with Crippen molar-refractivity contribution in [3.05, 3.63) is 71.4 Å². The van der Waals surface area contributed by atoms with E-state index in [9.17, 15) is 9.90 Å². The maximum absolute atomic E-state index is 12.4. The van der Waals surface area contributed by atoms with Gasteiger partial charge >= 0.3 is 0 Å². The van der Waals surface area contributed by atoms with E-state index >= 15 is 0 Å². The standard InChI is InChI=1S/C20H17N3O2S/c1-13-7-8-16(18(24)9-13)21-19(25)10-15-12-26-20-22-17(11-23(15)20)14-5-3-2-4-6-14/h2-9,11-12,24H,10H2,1H3,(H,21,25). The van der Waals surface area contributed by atoms with Crippen LogP contribution in [0.3, 0.4) is 0 Å². The minimum atomic E-state index is -0.182. The first-order chi connectivity index (χ1) is 12.6. The summed E-state index contributed by atoms with van der Waals surface area (Å²) in [7, 11) is 0. The number of benzene rings is 2. The van der Waals surface area contributed by atoms with E-state index in [-0.39, 0.29) is 18.1 Å². The Bertz CT molecular complexity index is 1080. The number of phenolic OH excluding ortho intramolecular Hbond substituents is 1. The van der Waals surface area contributed by atoms with Crippen LogP contribution in [0.4, 0.5) is 5.69 Å². The van der Waals surface area contributed by atoms with Crippen LogP contribution in [0.5, 0.6) is 5.75 Å². The summed E-state index contributed by atoms with van der Waals surface area (Å²) in [5, 5.41) is 14.6. The fourth-order valence-electron chi connectivity index (χ4n) is 2.81. The lowest BCUT2D eigenvalue weighted by molar-refractivity contribution is -0.115. The number of phenols is 1. The molecule has 0 saturated heterocycles. The van der Waals surface area contributed by atoms with Gasteiger partial charge in [-0.3, -0.25) is 9.20 Å². The molecule has 6 heteroatoms. The molecule has 0 aliphatic rings. The van der Waals surface area contributed by atoms with Crippen molar-refractivity contribution >= 4 is 27.9 Å². The lowest BCUT2D eigenvalue weighted by Gasteiger charge is -2.07. The summed E-state index contributed by atoms with van der Waals surface area (Å²) >= 11 is 1.51. The number of aromatic hydroxyl groups is 1. The molecule has 2 aromatic heterocycles. The number of hydrogen-bond acceptors (Lipinski definition) is 4. The maximum Gasteiger partial charge on any atom is 0.230 e. The number of thiazole rings is 1. The molecule has 0 bridgehead atoms. The number of imidazole rings is 1. The van der Waals surface area contributed by atoms with Crippen LogP contribution < -0.4 is 5.32 Å². The molecule has 0 radical (unpaired) electrons. The SMILES string of the molecule is Cc1ccc(NC(=O)Cc2csc3nc(-c4ccccc4)cn23)c(O)c1. The molecule has 1 amide bonds. The summed E-state index contributed by atoms with van der Waals surface area (Å²) in [6.45, 7) is 1.89. The molecule has 0 aliphatic carbocycles. The normalized spacial score (nSPS) is 11.0. The summed E-state index contributed by atoms with van der Waals surface area (Å²) in [5.41, 5.74) is 4.15. The Hall–Kier alpha value is -3.12. The van der Waals surface area contributed by atoms with Gasteiger partial charge in [0.05, 0.1) is 17.8 Å². The molecule has 0 unspecified atom stereocenters. The molecule has 26 heavy (non-hydrogen) atoms. The highest BCUT2D eigenvalue weighted by Gasteiger charge is 2.13. The molecule has 0 fully saturated rings. The third kappa shape index (κ3) is 3.19. The average Bonchev–Trinajstić information content (AvgIpc) is 3.20. The first-order valence-corrected chi connectivity index (χ1v) is 9.08. The molecule has 2 N–H and O–H groups in total. The summed E-state index contributed by atoms with van der Waals surface area (Å²) in [4.78, 5) is 17.9. The molecular weight excluding hydrogens is 346 g/mol. The van der Waals surface area contributed by atoms with Gasteiger partial charge < -0.3 is 10.4 Å². The number of hydrogen-bond donors (Lipinski definition) is 2. The molecule has 5 nitrogen and oxygen atoms in total. The lowest BCUT2D eigenvalue weighted by Crippen LogP contribution is -2.15. The van der Waals surface area contributed by atoms with E-state index in [0.717, 1.165) is 27.5 Å². The number of rotatable bonds is 4. The molecule has 0 spiro atoms. The molecule has 130 valence electrons. The molecular formula is C20H17N3O2S. The van der Waals surface area contributed by atoms with Crippen LogP contribution in [-0.4, -0.2) is 20.4 Å². The second kappa shape index (κ2) is 6.65. The Morgan fingerprint density at radius 2 is 2.04 bits per heavy atom. The number of amides is 1. The van der Waals surface area contributed by atoms with E-state index in [4.69, 9.17) is 0 Å². The third-order valence-corrected chi connectivity index (χ3v) is 5.01. The highest BCUT2D eigenvalue weighted by molar-refractivity contribution is 7.15. The van der Waals surface area contributed by atoms with Crippen LogP contribution in [0.25, 0.3) is 16.2 Å². The van der Waals surface area contributed by atoms with Crippen LogP contribution in [0.1, 0.15) is 11.3 Å². The molecule has 2 aromatic carbocycles. The van der Waals surface area contributed by atoms with Gasteiger partial charge in [-0.25, -0.2) is 4.98 Å². The minimum absolute atomic E-state index is 0.0720. The Morgan fingerprint density at radius 1 is 1.23 bits per heavy atom. The van der Waals surface area contributed by atoms with Gasteiger partial charge in [0.25, 0.3) is 0 Å². The zero-order chi connectivity index (χ0) is 18.1. The van der Waals surface area contributed by atoms with Gasteiger partial charge in [0.15, 0.2) is 4.96 Å². The number of anilines is 1. The number of nitrogens with one attached hydrogen (secondary N) is 1. The molecule has 4 aromatic rings. The van der Waals surface area contributed by atoms with E-state index in [1.807, 2.05) is 59.3 Å². The van der Waals surface area contributed by atoms with E-state index < -0.39 is 0 Å². The Labute approximate surface area is 154 Å². The second-order valence-electron chi connectivity index (χ2n) is 6.12. The highest BCUT2D eigenvalue weighted by atomic mass is 32.1. The van der Waals surface area contributed by atoms with E-state index in [1.54, 1.807) is 12.1 Å². The van der Waals surface area contributed by atoms with Crippen molar-refractivity contribution in [2.24, 2.45) is 0 Å². The van der Waals surface area contributed by atoms with E-state index in [0.29, 0.717) is 5.69 Å². The monoisotopic (exact) mass is 363 g/mol. The predicted molar refractivity (Wildman–Crippen MR) is 104 cm³/mol. The highest BCUT2D eigenvalue weighted by Crippen LogP contribution is 2.26. The van der Waals surface area contributed by atoms with Crippen molar-refractivity contribution < 1.29 is 9.90 Å². The Kier molecular flexibility index (Phi) is 4.18. The Balaban J connectivity index is 1.55. The molecule has 0 atom stereocenters. The van der Waals surface area contributed by atoms with Gasteiger partial charge in [0.1, 0.15) is 5.75 Å². The fourth-order valence-corrected chi connectivity index (χ4v) is 3.68. The number of fused-ring (bicyclic) bond motifs is 1. The van der Waals surface area contributed by atoms with Gasteiger partial charge in [-0.05, 0) is 24.6 Å². The van der Waals surface area contributed by atoms with Crippen LogP contribution >= 0.6 is 11.3 Å². The zero-order valence-corrected chi connectivity index (χ0v) is 15.0. The summed E-state index contributed by atoms with van der Waals surface area (Å²) < 4.78 is 1.95. The summed E-state index contributed by atoms with van der Waals surface area (Å²) in [6.07, 6.45) is 2.16. The number of carbonyl (C=O) groups excluding carboxylic acids is 1. The molecule has 0 saturated carbocycles. The van der Waals surface area contributed by atoms with Crippen LogP contribution in [-0.2, 0) is 11.2 Å². The second-order valence-corrected chi connectivity index (χ2v) is 6.95. The molecule has 2 heterocycles. The van der Waals surface area contributed by atoms with Crippen molar-refractivity contribution in [1.29, 1.82) is 0 Å². The van der Waals surface area contributed by atoms with Gasteiger partial charge in [0.2, 0.25) is 5.91 Å². The van der Waals surface area contributed by atoms with Gasteiger partial charge in [-0.1, -0.05) is 36.4 Å². The summed E-state index contributed by atoms with van der Waals surface area (Å²) in [6, 6.07) is 15.1. The van der Waals surface area contributed by atoms with Gasteiger partial charge in [-0.15, -0.1) is 11.3 Å². The molecule has 0 aliphatic heterocycles. The van der Waals surface area contributed by atoms with Crippen molar-refractivity contribution in [2.75, 3.05) is 5.32 Å². The van der Waals surface area contributed by atoms with Crippen molar-refractivity contribution in [1.82, 2.24) is 9.38 Å². The van der Waals surface area contributed by atoms with Gasteiger partial charge in [0, 0.05) is 22.8 Å². The average molecular weight is 363 g/mol. The lowest BCUT2D eigenvalue weighted by atomic mass is 10.2. The first kappa shape index (κ1) is 16.4. The van der Waals surface area contributed by atoms with E-state index in [1.165, 1.54) is 11.3 Å². The Morgan fingerprint density at radius 3 is 2.81 bits per heavy atom. The van der Waals surface area contributed by atoms with Crippen LogP contribution in [0.15, 0.2) is 60.1 Å². The van der Waals surface area contributed by atoms with Gasteiger partial charge in [-0.2, -0.15) is 0 Å². The zero-order valence-electron chi connectivity index (χ0n) is 14.1. The van der Waals surface area contributed by atoms with Crippen molar-refractivity contribution in [3.63, 3.8) is 0 Å². The number of nitrogens with zero attached hydrogens (tertiary/aromatic N) is 2. The molecule has 4 rings (SSSR count). The smallest absolute Gasteiger partial charge is 0.230 e. The third-order valence-electron chi connectivity index (χ3n) is 4.12. The van der Waals surface area contributed by atoms with Crippen LogP contribution in [0.2, 0.25) is 0 Å². The minimum Gasteiger partial charge on any atom is -0.506 e. The topological polar surface area (TPSA) is 66.6 Å². The predicted octanol–water partition coefficient (Wildman–Crippen LogP) is 4.26. The first-order valence-electron chi connectivity index (χ1n) is 8.20. The largest absolute Gasteiger partial charge is 0.506 e. The fraction of sp³-hybridized carbons (Fsp3) is 0.100. The number of aromatic nitrogens is 2.